The minimum atomic E-state index is -0.918. The van der Waals surface area contributed by atoms with Crippen molar-refractivity contribution in [2.75, 3.05) is 46.0 Å². The zero-order chi connectivity index (χ0) is 25.8. The highest BCUT2D eigenvalue weighted by Gasteiger charge is 2.46. The van der Waals surface area contributed by atoms with Gasteiger partial charge in [-0.1, -0.05) is 18.2 Å². The van der Waals surface area contributed by atoms with E-state index in [1.165, 1.54) is 23.1 Å². The summed E-state index contributed by atoms with van der Waals surface area (Å²) in [6.07, 6.45) is 0.610. The van der Waals surface area contributed by atoms with Gasteiger partial charge in [-0.15, -0.1) is 0 Å². The summed E-state index contributed by atoms with van der Waals surface area (Å²) >= 11 is 0. The summed E-state index contributed by atoms with van der Waals surface area (Å²) < 4.78 is 25.2. The molecule has 2 saturated heterocycles. The van der Waals surface area contributed by atoms with E-state index in [2.05, 4.69) is 4.90 Å². The first-order valence-electron chi connectivity index (χ1n) is 12.1. The molecule has 0 aliphatic carbocycles. The molecule has 1 atom stereocenters. The second-order valence-corrected chi connectivity index (χ2v) is 8.92. The molecule has 0 saturated carbocycles. The Hall–Kier alpha value is -3.43. The number of likely N-dealkylation sites (tertiary alicyclic amines) is 1. The van der Waals surface area contributed by atoms with Gasteiger partial charge >= 0.3 is 0 Å². The van der Waals surface area contributed by atoms with Crippen LogP contribution in [-0.2, 0) is 14.3 Å². The van der Waals surface area contributed by atoms with Crippen LogP contribution in [0, 0.1) is 12.7 Å². The topological polar surface area (TPSA) is 99.5 Å². The Kier molecular flexibility index (Phi) is 7.91. The molecule has 2 aliphatic rings. The maximum atomic E-state index is 14.3. The van der Waals surface area contributed by atoms with Crippen LogP contribution in [0.3, 0.4) is 0 Å². The number of benzene rings is 2. The predicted molar refractivity (Wildman–Crippen MR) is 131 cm³/mol. The van der Waals surface area contributed by atoms with Crippen molar-refractivity contribution in [3.63, 3.8) is 0 Å². The summed E-state index contributed by atoms with van der Waals surface area (Å²) in [6, 6.07) is 7.83. The molecule has 0 spiro atoms. The molecule has 2 aliphatic heterocycles. The highest BCUT2D eigenvalue weighted by atomic mass is 19.1. The number of hydrogen-bond acceptors (Lipinski definition) is 7. The van der Waals surface area contributed by atoms with E-state index < -0.39 is 29.3 Å². The van der Waals surface area contributed by atoms with Gasteiger partial charge in [-0.05, 0) is 49.6 Å². The molecule has 0 aromatic heterocycles. The van der Waals surface area contributed by atoms with E-state index in [0.717, 1.165) is 25.7 Å². The molecule has 2 heterocycles. The molecule has 1 unspecified atom stereocenters. The van der Waals surface area contributed by atoms with Crippen LogP contribution in [-0.4, -0.2) is 77.7 Å². The Balaban J connectivity index is 1.73. The van der Waals surface area contributed by atoms with Crippen molar-refractivity contribution in [2.45, 2.75) is 26.3 Å². The minimum absolute atomic E-state index is 0.0783. The minimum Gasteiger partial charge on any atom is -0.507 e. The molecule has 2 N–H and O–H groups in total. The zero-order valence-corrected chi connectivity index (χ0v) is 20.5. The molecule has 2 aromatic rings. The van der Waals surface area contributed by atoms with Crippen LogP contribution < -0.4 is 4.74 Å². The van der Waals surface area contributed by atoms with E-state index in [-0.39, 0.29) is 29.2 Å². The van der Waals surface area contributed by atoms with E-state index in [9.17, 15) is 24.2 Å². The SMILES string of the molecule is CCOc1cc(C2/C(=C(/O)c3ccc(C)c(F)c3)C(=O)C(=O)N2CCCN2CCOCC2)ccc1O. The van der Waals surface area contributed by atoms with Gasteiger partial charge in [0, 0.05) is 31.7 Å². The van der Waals surface area contributed by atoms with Gasteiger partial charge in [0.25, 0.3) is 11.7 Å². The summed E-state index contributed by atoms with van der Waals surface area (Å²) in [4.78, 5) is 30.0. The number of aryl methyl sites for hydroxylation is 1. The second kappa shape index (κ2) is 11.1. The molecule has 36 heavy (non-hydrogen) atoms. The average molecular weight is 499 g/mol. The van der Waals surface area contributed by atoms with Gasteiger partial charge in [-0.2, -0.15) is 0 Å². The van der Waals surface area contributed by atoms with Crippen molar-refractivity contribution in [2.24, 2.45) is 0 Å². The number of Topliss-reactive ketones (excluding diaryl/α,β-unsaturated/α-hetero) is 1. The number of phenols is 1. The molecular formula is C27H31FN2O6. The number of aliphatic hydroxyl groups excluding tert-OH is 1. The highest BCUT2D eigenvalue weighted by Crippen LogP contribution is 2.42. The molecule has 192 valence electrons. The number of carbonyl (C=O) groups is 2. The van der Waals surface area contributed by atoms with Gasteiger partial charge in [0.1, 0.15) is 11.6 Å². The number of ether oxygens (including phenoxy) is 2. The van der Waals surface area contributed by atoms with Crippen molar-refractivity contribution in [1.29, 1.82) is 0 Å². The van der Waals surface area contributed by atoms with Gasteiger partial charge in [0.2, 0.25) is 0 Å². The molecule has 0 radical (unpaired) electrons. The number of aliphatic hydroxyl groups is 1. The Morgan fingerprint density at radius 3 is 2.58 bits per heavy atom. The zero-order valence-electron chi connectivity index (χ0n) is 20.5. The van der Waals surface area contributed by atoms with E-state index in [1.54, 1.807) is 26.0 Å². The number of aromatic hydroxyl groups is 1. The fourth-order valence-corrected chi connectivity index (χ4v) is 4.61. The fraction of sp³-hybridized carbons (Fsp3) is 0.407. The lowest BCUT2D eigenvalue weighted by Crippen LogP contribution is -2.38. The summed E-state index contributed by atoms with van der Waals surface area (Å²) in [5.74, 6) is -2.42. The predicted octanol–water partition coefficient (Wildman–Crippen LogP) is 3.38. The molecule has 9 heteroatoms. The number of rotatable bonds is 8. The number of carbonyl (C=O) groups excluding carboxylic acids is 2. The second-order valence-electron chi connectivity index (χ2n) is 8.92. The number of amides is 1. The third kappa shape index (κ3) is 5.22. The Labute approximate surface area is 209 Å². The smallest absolute Gasteiger partial charge is 0.295 e. The van der Waals surface area contributed by atoms with Crippen LogP contribution in [0.2, 0.25) is 0 Å². The van der Waals surface area contributed by atoms with Crippen LogP contribution in [0.1, 0.15) is 36.1 Å². The van der Waals surface area contributed by atoms with Crippen LogP contribution >= 0.6 is 0 Å². The first-order chi connectivity index (χ1) is 17.3. The maximum absolute atomic E-state index is 14.3. The van der Waals surface area contributed by atoms with E-state index in [4.69, 9.17) is 9.47 Å². The molecule has 8 nitrogen and oxygen atoms in total. The van der Waals surface area contributed by atoms with Crippen molar-refractivity contribution >= 4 is 17.4 Å². The fourth-order valence-electron chi connectivity index (χ4n) is 4.61. The number of morpholine rings is 1. The van der Waals surface area contributed by atoms with Crippen LogP contribution in [0.15, 0.2) is 42.0 Å². The molecule has 2 fully saturated rings. The maximum Gasteiger partial charge on any atom is 0.295 e. The van der Waals surface area contributed by atoms with Crippen molar-refractivity contribution in [3.05, 3.63) is 64.5 Å². The average Bonchev–Trinajstić information content (AvgIpc) is 3.12. The molecule has 0 bridgehead atoms. The van der Waals surface area contributed by atoms with E-state index >= 15 is 0 Å². The lowest BCUT2D eigenvalue weighted by Gasteiger charge is -2.29. The Bertz CT molecular complexity index is 1170. The number of phenolic OH excluding ortho intramolecular Hbond substituents is 1. The molecular weight excluding hydrogens is 467 g/mol. The van der Waals surface area contributed by atoms with Gasteiger partial charge in [-0.25, -0.2) is 4.39 Å². The van der Waals surface area contributed by atoms with Crippen LogP contribution in [0.4, 0.5) is 4.39 Å². The van der Waals surface area contributed by atoms with E-state index in [1.807, 2.05) is 0 Å². The third-order valence-electron chi connectivity index (χ3n) is 6.56. The summed E-state index contributed by atoms with van der Waals surface area (Å²) in [5, 5.41) is 21.3. The first kappa shape index (κ1) is 25.7. The lowest BCUT2D eigenvalue weighted by molar-refractivity contribution is -0.140. The third-order valence-corrected chi connectivity index (χ3v) is 6.56. The largest absolute Gasteiger partial charge is 0.507 e. The Morgan fingerprint density at radius 1 is 1.14 bits per heavy atom. The molecule has 2 aromatic carbocycles. The summed E-state index contributed by atoms with van der Waals surface area (Å²) in [5.41, 5.74) is 0.878. The number of hydrogen-bond donors (Lipinski definition) is 2. The lowest BCUT2D eigenvalue weighted by atomic mass is 9.94. The number of halogens is 1. The van der Waals surface area contributed by atoms with Crippen molar-refractivity contribution in [3.8, 4) is 11.5 Å². The van der Waals surface area contributed by atoms with Crippen molar-refractivity contribution in [1.82, 2.24) is 9.80 Å². The normalized spacial score (nSPS) is 20.2. The quantitative estimate of drug-likeness (QED) is 0.327. The molecule has 1 amide bonds. The summed E-state index contributed by atoms with van der Waals surface area (Å²) in [7, 11) is 0. The highest BCUT2D eigenvalue weighted by molar-refractivity contribution is 6.46. The van der Waals surface area contributed by atoms with Crippen molar-refractivity contribution < 1.29 is 33.7 Å². The Morgan fingerprint density at radius 2 is 1.89 bits per heavy atom. The number of nitrogens with zero attached hydrogens (tertiary/aromatic N) is 2. The van der Waals surface area contributed by atoms with Crippen LogP contribution in [0.5, 0.6) is 11.5 Å². The van der Waals surface area contributed by atoms with Gasteiger partial charge in [-0.3, -0.25) is 14.5 Å². The number of ketones is 1. The van der Waals surface area contributed by atoms with Crippen LogP contribution in [0.25, 0.3) is 5.76 Å². The first-order valence-corrected chi connectivity index (χ1v) is 12.1. The van der Waals surface area contributed by atoms with E-state index in [0.29, 0.717) is 37.4 Å². The van der Waals surface area contributed by atoms with Gasteiger partial charge in [0.15, 0.2) is 11.5 Å². The monoisotopic (exact) mass is 498 g/mol. The van der Waals surface area contributed by atoms with Gasteiger partial charge in [0.05, 0.1) is 31.4 Å². The summed E-state index contributed by atoms with van der Waals surface area (Å²) in [6.45, 7) is 7.59. The molecule has 4 rings (SSSR count). The van der Waals surface area contributed by atoms with Gasteiger partial charge < -0.3 is 24.6 Å². The standard InChI is InChI=1S/C27H31FN2O6/c1-3-36-22-16-18(7-8-21(22)31)24-23(25(32)19-6-5-17(2)20(28)15-19)26(33)27(34)30(24)10-4-9-29-11-13-35-14-12-29/h5-8,15-16,24,31-32H,3-4,9-14H2,1-2H3/b25-23-.